The van der Waals surface area contributed by atoms with E-state index in [9.17, 15) is 18.0 Å². The van der Waals surface area contributed by atoms with Gasteiger partial charge in [0.05, 0.1) is 11.4 Å². The van der Waals surface area contributed by atoms with Crippen molar-refractivity contribution in [2.24, 2.45) is 0 Å². The van der Waals surface area contributed by atoms with Gasteiger partial charge in [0, 0.05) is 37.6 Å². The first kappa shape index (κ1) is 24.8. The summed E-state index contributed by atoms with van der Waals surface area (Å²) in [6.45, 7) is 6.21. The number of benzene rings is 3. The van der Waals surface area contributed by atoms with E-state index in [-0.39, 0.29) is 17.3 Å². The lowest BCUT2D eigenvalue weighted by atomic mass is 10.1. The highest BCUT2D eigenvalue weighted by Crippen LogP contribution is 2.31. The molecule has 2 saturated heterocycles. The molecule has 0 N–H and O–H groups in total. The van der Waals surface area contributed by atoms with Crippen molar-refractivity contribution in [2.75, 3.05) is 42.5 Å². The molecule has 0 aliphatic carbocycles. The van der Waals surface area contributed by atoms with E-state index in [4.69, 9.17) is 0 Å². The van der Waals surface area contributed by atoms with Gasteiger partial charge in [-0.25, -0.2) is 17.5 Å². The lowest BCUT2D eigenvalue weighted by molar-refractivity contribution is -0.132. The Kier molecular flexibility index (Phi) is 6.64. The first-order chi connectivity index (χ1) is 17.8. The van der Waals surface area contributed by atoms with E-state index in [0.717, 1.165) is 9.99 Å². The number of hydrogen-bond acceptors (Lipinski definition) is 5. The van der Waals surface area contributed by atoms with Crippen LogP contribution in [0.4, 0.5) is 16.2 Å². The molecule has 0 bridgehead atoms. The Bertz CT molecular complexity index is 1400. The highest BCUT2D eigenvalue weighted by molar-refractivity contribution is 7.89. The van der Waals surface area contributed by atoms with E-state index in [1.54, 1.807) is 47.4 Å². The van der Waals surface area contributed by atoms with Gasteiger partial charge in [-0.15, -0.1) is 0 Å². The molecule has 37 heavy (non-hydrogen) atoms. The molecule has 2 aliphatic rings. The smallest absolute Gasteiger partial charge is 0.339 e. The van der Waals surface area contributed by atoms with Crippen LogP contribution in [0, 0.1) is 13.8 Å². The Labute approximate surface area is 217 Å². The van der Waals surface area contributed by atoms with Crippen molar-refractivity contribution in [2.45, 2.75) is 24.8 Å². The third-order valence-electron chi connectivity index (χ3n) is 7.02. The van der Waals surface area contributed by atoms with Gasteiger partial charge in [-0.2, -0.15) is 0 Å². The van der Waals surface area contributed by atoms with Crippen LogP contribution in [0.15, 0.2) is 83.8 Å². The second-order valence-electron chi connectivity index (χ2n) is 9.46. The highest BCUT2D eigenvalue weighted by atomic mass is 32.2. The average molecular weight is 519 g/mol. The van der Waals surface area contributed by atoms with Gasteiger partial charge in [0.2, 0.25) is 5.91 Å². The molecule has 2 aliphatic heterocycles. The van der Waals surface area contributed by atoms with E-state index in [2.05, 4.69) is 36.9 Å². The Morgan fingerprint density at radius 3 is 2.11 bits per heavy atom. The zero-order valence-corrected chi connectivity index (χ0v) is 21.8. The molecule has 192 valence electrons. The molecule has 2 heterocycles. The van der Waals surface area contributed by atoms with Gasteiger partial charge in [-0.3, -0.25) is 9.69 Å². The van der Waals surface area contributed by atoms with Crippen LogP contribution in [0.25, 0.3) is 0 Å². The third kappa shape index (κ3) is 4.67. The molecule has 9 heteroatoms. The summed E-state index contributed by atoms with van der Waals surface area (Å²) in [5, 5.41) is 0. The van der Waals surface area contributed by atoms with Crippen molar-refractivity contribution < 1.29 is 18.0 Å². The molecule has 1 atom stereocenters. The van der Waals surface area contributed by atoms with E-state index in [1.165, 1.54) is 28.2 Å². The summed E-state index contributed by atoms with van der Waals surface area (Å²) in [6.07, 6.45) is 0. The van der Waals surface area contributed by atoms with E-state index >= 15 is 0 Å². The Morgan fingerprint density at radius 1 is 0.838 bits per heavy atom. The minimum atomic E-state index is -4.12. The maximum absolute atomic E-state index is 13.8. The fourth-order valence-electron chi connectivity index (χ4n) is 5.00. The molecule has 3 amide bonds. The van der Waals surface area contributed by atoms with Crippen LogP contribution in [-0.4, -0.2) is 68.3 Å². The zero-order chi connectivity index (χ0) is 26.2. The molecular weight excluding hydrogens is 488 g/mol. The molecule has 3 aromatic rings. The maximum atomic E-state index is 13.8. The standard InChI is InChI=1S/C28H30N4O4S/c1-21-13-14-22(2)25(19-21)29-15-17-30(18-16-29)27(33)26-20-31(37(35,36)24-11-7-4-8-12-24)28(34)32(26)23-9-5-3-6-10-23/h3-14,19,26H,15-18,20H2,1-2H3/t26-/m0/s1. The van der Waals surface area contributed by atoms with Crippen molar-refractivity contribution in [3.05, 3.63) is 90.0 Å². The zero-order valence-electron chi connectivity index (χ0n) is 20.9. The molecule has 5 rings (SSSR count). The van der Waals surface area contributed by atoms with Crippen LogP contribution < -0.4 is 9.80 Å². The van der Waals surface area contributed by atoms with Gasteiger partial charge >= 0.3 is 6.03 Å². The molecule has 3 aromatic carbocycles. The molecule has 2 fully saturated rings. The van der Waals surface area contributed by atoms with Crippen molar-refractivity contribution in [3.8, 4) is 0 Å². The van der Waals surface area contributed by atoms with Crippen LogP contribution in [0.5, 0.6) is 0 Å². The van der Waals surface area contributed by atoms with Crippen LogP contribution in [0.2, 0.25) is 0 Å². The SMILES string of the molecule is Cc1ccc(C)c(N2CCN(C(=O)[C@@H]3CN(S(=O)(=O)c4ccccc4)C(=O)N3c3ccccc3)CC2)c1. The van der Waals surface area contributed by atoms with Crippen LogP contribution in [-0.2, 0) is 14.8 Å². The summed E-state index contributed by atoms with van der Waals surface area (Å²) in [7, 11) is -4.12. The summed E-state index contributed by atoms with van der Waals surface area (Å²) >= 11 is 0. The first-order valence-corrected chi connectivity index (χ1v) is 13.8. The van der Waals surface area contributed by atoms with Gasteiger partial charge in [-0.05, 0) is 55.3 Å². The minimum Gasteiger partial charge on any atom is -0.368 e. The molecule has 8 nitrogen and oxygen atoms in total. The minimum absolute atomic E-state index is 0.0200. The van der Waals surface area contributed by atoms with E-state index in [0.29, 0.717) is 31.9 Å². The van der Waals surface area contributed by atoms with Gasteiger partial charge in [0.1, 0.15) is 6.04 Å². The number of sulfonamides is 1. The lowest BCUT2D eigenvalue weighted by Gasteiger charge is -2.38. The lowest BCUT2D eigenvalue weighted by Crippen LogP contribution is -2.55. The number of nitrogens with zero attached hydrogens (tertiary/aromatic N) is 4. The quantitative estimate of drug-likeness (QED) is 0.515. The number of carbonyl (C=O) groups is 2. The summed E-state index contributed by atoms with van der Waals surface area (Å²) in [4.78, 5) is 32.7. The summed E-state index contributed by atoms with van der Waals surface area (Å²) in [6, 6.07) is 21.3. The topological polar surface area (TPSA) is 81.2 Å². The van der Waals surface area contributed by atoms with E-state index < -0.39 is 22.1 Å². The molecule has 0 saturated carbocycles. The molecular formula is C28H30N4O4S. The van der Waals surface area contributed by atoms with Crippen molar-refractivity contribution in [1.29, 1.82) is 0 Å². The van der Waals surface area contributed by atoms with Crippen LogP contribution >= 0.6 is 0 Å². The Morgan fingerprint density at radius 2 is 1.46 bits per heavy atom. The van der Waals surface area contributed by atoms with Crippen molar-refractivity contribution in [1.82, 2.24) is 9.21 Å². The number of amides is 3. The highest BCUT2D eigenvalue weighted by Gasteiger charge is 2.49. The van der Waals surface area contributed by atoms with Gasteiger partial charge < -0.3 is 9.80 Å². The molecule has 0 spiro atoms. The molecule has 0 aromatic heterocycles. The van der Waals surface area contributed by atoms with Gasteiger partial charge in [0.15, 0.2) is 0 Å². The maximum Gasteiger partial charge on any atom is 0.339 e. The summed E-state index contributed by atoms with van der Waals surface area (Å²) in [5.41, 5.74) is 4.02. The fraction of sp³-hybridized carbons (Fsp3) is 0.286. The predicted octanol–water partition coefficient (Wildman–Crippen LogP) is 3.65. The largest absolute Gasteiger partial charge is 0.368 e. The second-order valence-corrected chi connectivity index (χ2v) is 11.3. The molecule has 0 radical (unpaired) electrons. The third-order valence-corrected chi connectivity index (χ3v) is 8.77. The fourth-order valence-corrected chi connectivity index (χ4v) is 6.38. The van der Waals surface area contributed by atoms with Crippen LogP contribution in [0.1, 0.15) is 11.1 Å². The first-order valence-electron chi connectivity index (χ1n) is 12.3. The number of carbonyl (C=O) groups excluding carboxylic acids is 2. The van der Waals surface area contributed by atoms with Crippen molar-refractivity contribution in [3.63, 3.8) is 0 Å². The van der Waals surface area contributed by atoms with Gasteiger partial charge in [-0.1, -0.05) is 48.5 Å². The second kappa shape index (κ2) is 9.89. The number of urea groups is 1. The predicted molar refractivity (Wildman–Crippen MR) is 143 cm³/mol. The Balaban J connectivity index is 1.40. The van der Waals surface area contributed by atoms with Crippen LogP contribution in [0.3, 0.4) is 0 Å². The number of hydrogen-bond donors (Lipinski definition) is 0. The summed E-state index contributed by atoms with van der Waals surface area (Å²) < 4.78 is 27.6. The average Bonchev–Trinajstić information content (AvgIpc) is 3.28. The van der Waals surface area contributed by atoms with Crippen molar-refractivity contribution >= 4 is 33.3 Å². The monoisotopic (exact) mass is 518 g/mol. The number of rotatable bonds is 5. The molecule has 0 unspecified atom stereocenters. The van der Waals surface area contributed by atoms with E-state index in [1.807, 2.05) is 6.07 Å². The number of para-hydroxylation sites is 1. The number of piperazine rings is 1. The Hall–Kier alpha value is -3.85. The number of aryl methyl sites for hydroxylation is 2. The normalized spacial score (nSPS) is 18.4. The summed E-state index contributed by atoms with van der Waals surface area (Å²) in [5.74, 6) is -0.247. The number of anilines is 2. The van der Waals surface area contributed by atoms with Gasteiger partial charge in [0.25, 0.3) is 10.0 Å².